The lowest BCUT2D eigenvalue weighted by Gasteiger charge is -2.14. The minimum Gasteiger partial charge on any atom is -0.356 e. The van der Waals surface area contributed by atoms with Gasteiger partial charge in [-0.25, -0.2) is 13.6 Å². The van der Waals surface area contributed by atoms with Crippen molar-refractivity contribution < 1.29 is 13.2 Å². The van der Waals surface area contributed by atoms with Crippen LogP contribution in [0.25, 0.3) is 0 Å². The molecule has 2 N–H and O–H groups in total. The van der Waals surface area contributed by atoms with Crippen molar-refractivity contribution in [2.45, 2.75) is 12.4 Å². The van der Waals surface area contributed by atoms with Gasteiger partial charge < -0.3 is 4.74 Å². The molecule has 0 bridgehead atoms. The minimum absolute atomic E-state index is 0.302. The molecule has 0 aliphatic heterocycles. The van der Waals surface area contributed by atoms with Gasteiger partial charge in [0.1, 0.15) is 0 Å². The molecule has 0 radical (unpaired) electrons. The van der Waals surface area contributed by atoms with E-state index in [0.29, 0.717) is 12.2 Å². The van der Waals surface area contributed by atoms with Gasteiger partial charge in [0.15, 0.2) is 5.44 Å². The molecule has 0 heterocycles. The number of rotatable bonds is 4. The fraction of sp³-hybridized carbons (Fsp3) is 0.333. The predicted octanol–water partition coefficient (Wildman–Crippen LogP) is 1.01. The Morgan fingerprint density at radius 3 is 2.36 bits per heavy atom. The van der Waals surface area contributed by atoms with E-state index in [9.17, 15) is 8.42 Å². The summed E-state index contributed by atoms with van der Waals surface area (Å²) in [5, 5.41) is 5.05. The molecule has 1 rings (SSSR count). The third kappa shape index (κ3) is 2.80. The van der Waals surface area contributed by atoms with Crippen LogP contribution in [0.5, 0.6) is 0 Å². The molecule has 4 nitrogen and oxygen atoms in total. The minimum atomic E-state index is -3.70. The Morgan fingerprint density at radius 1 is 1.36 bits per heavy atom. The number of ether oxygens (including phenoxy) is 1. The smallest absolute Gasteiger partial charge is 0.240 e. The molecule has 78 valence electrons. The average Bonchev–Trinajstić information content (AvgIpc) is 2.14. The largest absolute Gasteiger partial charge is 0.356 e. The highest BCUT2D eigenvalue weighted by molar-refractivity contribution is 7.89. The zero-order chi connectivity index (χ0) is 10.6. The van der Waals surface area contributed by atoms with Gasteiger partial charge in [0, 0.05) is 6.61 Å². The number of sulfonamides is 1. The first kappa shape index (κ1) is 11.2. The maximum atomic E-state index is 11.2. The summed E-state index contributed by atoms with van der Waals surface area (Å²) in [4.78, 5) is 0. The maximum Gasteiger partial charge on any atom is 0.240 e. The quantitative estimate of drug-likeness (QED) is 0.815. The number of benzene rings is 1. The summed E-state index contributed by atoms with van der Waals surface area (Å²) in [6.07, 6.45) is 0. The first-order valence-electron chi connectivity index (χ1n) is 4.24. The van der Waals surface area contributed by atoms with E-state index < -0.39 is 15.5 Å². The lowest BCUT2D eigenvalue weighted by Crippen LogP contribution is -2.24. The Labute approximate surface area is 83.7 Å². The molecule has 1 unspecified atom stereocenters. The van der Waals surface area contributed by atoms with Gasteiger partial charge in [-0.05, 0) is 12.5 Å². The van der Waals surface area contributed by atoms with Crippen LogP contribution in [0.2, 0.25) is 0 Å². The van der Waals surface area contributed by atoms with Crippen molar-refractivity contribution in [3.63, 3.8) is 0 Å². The predicted molar refractivity (Wildman–Crippen MR) is 53.9 cm³/mol. The molecule has 0 fully saturated rings. The molecule has 0 aliphatic carbocycles. The van der Waals surface area contributed by atoms with E-state index in [-0.39, 0.29) is 0 Å². The van der Waals surface area contributed by atoms with Crippen molar-refractivity contribution in [3.8, 4) is 0 Å². The Hall–Kier alpha value is -0.910. The summed E-state index contributed by atoms with van der Waals surface area (Å²) in [6, 6.07) is 8.63. The molecule has 5 heteroatoms. The van der Waals surface area contributed by atoms with E-state index in [1.54, 1.807) is 37.3 Å². The van der Waals surface area contributed by atoms with E-state index in [1.807, 2.05) is 0 Å². The second-order valence-corrected chi connectivity index (χ2v) is 4.39. The van der Waals surface area contributed by atoms with E-state index in [2.05, 4.69) is 0 Å². The molecular formula is C9H13NO3S. The van der Waals surface area contributed by atoms with Crippen LogP contribution in [0, 0.1) is 0 Å². The Bertz CT molecular complexity index is 374. The fourth-order valence-corrected chi connectivity index (χ4v) is 2.00. The Balaban J connectivity index is 3.02. The van der Waals surface area contributed by atoms with E-state index in [1.165, 1.54) is 0 Å². The second-order valence-electron chi connectivity index (χ2n) is 2.79. The zero-order valence-corrected chi connectivity index (χ0v) is 8.70. The highest BCUT2D eigenvalue weighted by atomic mass is 32.2. The van der Waals surface area contributed by atoms with E-state index in [0.717, 1.165) is 0 Å². The van der Waals surface area contributed by atoms with Crippen LogP contribution in [0.4, 0.5) is 0 Å². The van der Waals surface area contributed by atoms with Crippen molar-refractivity contribution >= 4 is 10.0 Å². The summed E-state index contributed by atoms with van der Waals surface area (Å²) in [5.41, 5.74) is -0.509. The lowest BCUT2D eigenvalue weighted by atomic mass is 10.2. The van der Waals surface area contributed by atoms with Gasteiger partial charge in [-0.1, -0.05) is 30.3 Å². The standard InChI is InChI=1S/C9H13NO3S/c1-2-13-9(14(10,11)12)8-6-4-3-5-7-8/h3-7,9H,2H2,1H3,(H2,10,11,12). The van der Waals surface area contributed by atoms with Crippen LogP contribution in [-0.4, -0.2) is 15.0 Å². The first-order valence-corrected chi connectivity index (χ1v) is 5.85. The summed E-state index contributed by atoms with van der Waals surface area (Å²) in [6.45, 7) is 2.02. The molecule has 14 heavy (non-hydrogen) atoms. The third-order valence-electron chi connectivity index (χ3n) is 1.69. The van der Waals surface area contributed by atoms with Crippen LogP contribution in [0.15, 0.2) is 30.3 Å². The Morgan fingerprint density at radius 2 is 1.93 bits per heavy atom. The normalized spacial score (nSPS) is 13.9. The van der Waals surface area contributed by atoms with E-state index >= 15 is 0 Å². The van der Waals surface area contributed by atoms with Gasteiger partial charge >= 0.3 is 0 Å². The zero-order valence-electron chi connectivity index (χ0n) is 7.88. The summed E-state index contributed by atoms with van der Waals surface area (Å²) in [5.74, 6) is 0. The molecule has 1 atom stereocenters. The SMILES string of the molecule is CCOC(c1ccccc1)S(N)(=O)=O. The van der Waals surface area contributed by atoms with Crippen molar-refractivity contribution in [1.29, 1.82) is 0 Å². The topological polar surface area (TPSA) is 69.4 Å². The van der Waals surface area contributed by atoms with Crippen molar-refractivity contribution in [2.75, 3.05) is 6.61 Å². The van der Waals surface area contributed by atoms with Crippen molar-refractivity contribution in [1.82, 2.24) is 0 Å². The van der Waals surface area contributed by atoms with Gasteiger partial charge in [0.2, 0.25) is 10.0 Å². The highest BCUT2D eigenvalue weighted by Gasteiger charge is 2.23. The maximum absolute atomic E-state index is 11.2. The van der Waals surface area contributed by atoms with E-state index in [4.69, 9.17) is 9.88 Å². The number of hydrogen-bond acceptors (Lipinski definition) is 3. The van der Waals surface area contributed by atoms with Crippen LogP contribution in [0.1, 0.15) is 17.9 Å². The van der Waals surface area contributed by atoms with Gasteiger partial charge in [-0.2, -0.15) is 0 Å². The number of hydrogen-bond donors (Lipinski definition) is 1. The molecule has 1 aromatic rings. The third-order valence-corrected chi connectivity index (χ3v) is 2.69. The molecule has 0 spiro atoms. The Kier molecular flexibility index (Phi) is 3.62. The molecule has 0 aromatic heterocycles. The molecule has 0 saturated heterocycles. The first-order chi connectivity index (χ1) is 6.55. The van der Waals surface area contributed by atoms with Crippen LogP contribution in [-0.2, 0) is 14.8 Å². The molecule has 1 aromatic carbocycles. The van der Waals surface area contributed by atoms with Gasteiger partial charge in [0.25, 0.3) is 0 Å². The summed E-state index contributed by atoms with van der Waals surface area (Å²) < 4.78 is 27.4. The van der Waals surface area contributed by atoms with Crippen LogP contribution >= 0.6 is 0 Å². The van der Waals surface area contributed by atoms with Crippen molar-refractivity contribution in [2.24, 2.45) is 5.14 Å². The van der Waals surface area contributed by atoms with Crippen molar-refractivity contribution in [3.05, 3.63) is 35.9 Å². The summed E-state index contributed by atoms with van der Waals surface area (Å²) in [7, 11) is -3.70. The van der Waals surface area contributed by atoms with Gasteiger partial charge in [-0.15, -0.1) is 0 Å². The van der Waals surface area contributed by atoms with Crippen LogP contribution in [0.3, 0.4) is 0 Å². The fourth-order valence-electron chi connectivity index (χ4n) is 1.14. The number of nitrogens with two attached hydrogens (primary N) is 1. The monoisotopic (exact) mass is 215 g/mol. The number of primary sulfonamides is 1. The molecule has 0 aliphatic rings. The van der Waals surface area contributed by atoms with Crippen LogP contribution < -0.4 is 5.14 Å². The van der Waals surface area contributed by atoms with Gasteiger partial charge in [-0.3, -0.25) is 0 Å². The summed E-state index contributed by atoms with van der Waals surface area (Å²) >= 11 is 0. The average molecular weight is 215 g/mol. The molecule has 0 amide bonds. The van der Waals surface area contributed by atoms with Gasteiger partial charge in [0.05, 0.1) is 0 Å². The lowest BCUT2D eigenvalue weighted by molar-refractivity contribution is 0.118. The highest BCUT2D eigenvalue weighted by Crippen LogP contribution is 2.20. The second kappa shape index (κ2) is 4.54. The molecule has 0 saturated carbocycles. The molecular weight excluding hydrogens is 202 g/mol.